The second-order valence-electron chi connectivity index (χ2n) is 0. The van der Waals surface area contributed by atoms with Gasteiger partial charge in [0.05, 0.1) is 0 Å². The van der Waals surface area contributed by atoms with E-state index < -0.39 is 0 Å². The Kier molecular flexibility index (Phi) is 3770. The zero-order chi connectivity index (χ0) is 0. The molecule has 3 nitrogen and oxygen atoms in total. The van der Waals surface area contributed by atoms with Crippen LogP contribution in [0.1, 0.15) is 0 Å². The molecule has 0 saturated carbocycles. The van der Waals surface area contributed by atoms with Gasteiger partial charge in [-0.1, -0.05) is 0 Å². The molecule has 0 aromatic heterocycles. The molecule has 0 unspecified atom stereocenters. The Bertz CT molecular complexity index is 6.00. The monoisotopic (exact) mass is 157 g/mol. The third-order valence-corrected chi connectivity index (χ3v) is 0. The van der Waals surface area contributed by atoms with Gasteiger partial charge in [0.2, 0.25) is 0 Å². The summed E-state index contributed by atoms with van der Waals surface area (Å²) < 4.78 is 0. The van der Waals surface area contributed by atoms with E-state index in [-0.39, 0.29) is 37.5 Å². The topological polar surface area (TPSA) is 95.0 Å². The number of hydrogen-bond donors (Lipinski definition) is 1. The van der Waals surface area contributed by atoms with Crippen molar-refractivity contribution < 1.29 is 31.4 Å². The van der Waals surface area contributed by atoms with Crippen LogP contribution in [0.25, 0.3) is 0 Å². The molecule has 4 heteroatoms. The molecule has 0 aromatic rings. The van der Waals surface area contributed by atoms with Gasteiger partial charge < -0.3 is 17.1 Å². The van der Waals surface area contributed by atoms with Crippen molar-refractivity contribution in [2.45, 2.75) is 0 Å². The van der Waals surface area contributed by atoms with E-state index in [2.05, 4.69) is 0 Å². The van der Waals surface area contributed by atoms with Crippen LogP contribution >= 0.6 is 0 Å². The van der Waals surface area contributed by atoms with Gasteiger partial charge in [-0.2, -0.15) is 0 Å². The van der Waals surface area contributed by atoms with Gasteiger partial charge in [0.15, 0.2) is 0 Å². The molecule has 32 valence electrons. The minimum Gasteiger partial charge on any atom is -0.870 e. The first kappa shape index (κ1) is 194. The molecule has 0 saturated heterocycles. The van der Waals surface area contributed by atoms with Crippen molar-refractivity contribution in [2.24, 2.45) is 0 Å². The molecule has 0 aliphatic carbocycles. The van der Waals surface area contributed by atoms with E-state index in [4.69, 9.17) is 0 Å². The first-order chi connectivity index (χ1) is 0. The molecular formula is H5NO2Pd. The second kappa shape index (κ2) is 77.8. The third-order valence-electron chi connectivity index (χ3n) is 0. The van der Waals surface area contributed by atoms with E-state index in [0.717, 1.165) is 0 Å². The van der Waals surface area contributed by atoms with Gasteiger partial charge in [-0.15, -0.1) is 0 Å². The SMILES string of the molecule is N.[OH-].[OH-].[Pd+2]. The van der Waals surface area contributed by atoms with Crippen LogP contribution in [0.3, 0.4) is 0 Å². The minimum atomic E-state index is 0. The Morgan fingerprint density at radius 1 is 0.750 bits per heavy atom. The smallest absolute Gasteiger partial charge is 0.870 e. The molecule has 5 N–H and O–H groups in total. The Labute approximate surface area is 38.2 Å². The summed E-state index contributed by atoms with van der Waals surface area (Å²) in [5.41, 5.74) is 0. The van der Waals surface area contributed by atoms with E-state index in [1.54, 1.807) is 0 Å². The summed E-state index contributed by atoms with van der Waals surface area (Å²) >= 11 is 0. The largest absolute Gasteiger partial charge is 2.00 e. The molecule has 0 fully saturated rings. The summed E-state index contributed by atoms with van der Waals surface area (Å²) in [6, 6.07) is 0. The minimum absolute atomic E-state index is 0. The second-order valence-corrected chi connectivity index (χ2v) is 0. The summed E-state index contributed by atoms with van der Waals surface area (Å²) in [6.45, 7) is 0. The molecule has 4 heavy (non-hydrogen) atoms. The quantitative estimate of drug-likeness (QED) is 0.494. The van der Waals surface area contributed by atoms with Gasteiger partial charge in [-0.25, -0.2) is 0 Å². The fourth-order valence-electron chi connectivity index (χ4n) is 0. The van der Waals surface area contributed by atoms with Crippen LogP contribution in [0.4, 0.5) is 0 Å². The van der Waals surface area contributed by atoms with Crippen LogP contribution < -0.4 is 6.15 Å². The van der Waals surface area contributed by atoms with Crippen molar-refractivity contribution in [2.75, 3.05) is 0 Å². The maximum absolute atomic E-state index is 0. The fraction of sp³-hybridized carbons (Fsp3) is 0. The van der Waals surface area contributed by atoms with Crippen molar-refractivity contribution in [3.05, 3.63) is 0 Å². The normalized spacial score (nSPS) is 0. The summed E-state index contributed by atoms with van der Waals surface area (Å²) in [5.74, 6) is 0. The maximum Gasteiger partial charge on any atom is 2.00 e. The molecule has 0 bridgehead atoms. The van der Waals surface area contributed by atoms with Gasteiger partial charge in [-0.05, 0) is 0 Å². The van der Waals surface area contributed by atoms with E-state index in [9.17, 15) is 0 Å². The molecular weight excluding hydrogens is 152 g/mol. The van der Waals surface area contributed by atoms with Crippen LogP contribution in [-0.2, 0) is 20.4 Å². The fourth-order valence-corrected chi connectivity index (χ4v) is 0. The van der Waals surface area contributed by atoms with Crippen molar-refractivity contribution in [1.29, 1.82) is 0 Å². The molecule has 0 rings (SSSR count). The van der Waals surface area contributed by atoms with Gasteiger partial charge in [0.25, 0.3) is 0 Å². The third kappa shape index (κ3) is 20.6. The molecule has 0 aliphatic rings. The molecule has 0 aliphatic heterocycles. The van der Waals surface area contributed by atoms with Gasteiger partial charge in [0.1, 0.15) is 0 Å². The average molecular weight is 157 g/mol. The zero-order valence-electron chi connectivity index (χ0n) is 1.92. The van der Waals surface area contributed by atoms with E-state index in [0.29, 0.717) is 0 Å². The summed E-state index contributed by atoms with van der Waals surface area (Å²) in [5, 5.41) is 0. The van der Waals surface area contributed by atoms with E-state index in [1.165, 1.54) is 0 Å². The Balaban J connectivity index is 0. The van der Waals surface area contributed by atoms with Crippen LogP contribution in [0.15, 0.2) is 0 Å². The first-order valence-corrected chi connectivity index (χ1v) is 0. The molecule has 0 spiro atoms. The van der Waals surface area contributed by atoms with Crippen LogP contribution in [0, 0.1) is 0 Å². The predicted molar refractivity (Wildman–Crippen MR) is 8.89 cm³/mol. The number of rotatable bonds is 0. The van der Waals surface area contributed by atoms with Crippen molar-refractivity contribution >= 4 is 0 Å². The zero-order valence-corrected chi connectivity index (χ0v) is 3.47. The Hall–Kier alpha value is 0.542. The van der Waals surface area contributed by atoms with Crippen LogP contribution in [0.2, 0.25) is 0 Å². The Morgan fingerprint density at radius 2 is 0.750 bits per heavy atom. The van der Waals surface area contributed by atoms with Gasteiger partial charge >= 0.3 is 20.4 Å². The molecule has 0 radical (unpaired) electrons. The van der Waals surface area contributed by atoms with Gasteiger partial charge in [-0.3, -0.25) is 0 Å². The summed E-state index contributed by atoms with van der Waals surface area (Å²) in [4.78, 5) is 0. The summed E-state index contributed by atoms with van der Waals surface area (Å²) in [6.07, 6.45) is 0. The molecule has 0 atom stereocenters. The number of hydrogen-bond acceptors (Lipinski definition) is 3. The van der Waals surface area contributed by atoms with Crippen molar-refractivity contribution in [1.82, 2.24) is 6.15 Å². The van der Waals surface area contributed by atoms with Crippen molar-refractivity contribution in [3.63, 3.8) is 0 Å². The first-order valence-electron chi connectivity index (χ1n) is 0. The van der Waals surface area contributed by atoms with Crippen molar-refractivity contribution in [3.8, 4) is 0 Å². The summed E-state index contributed by atoms with van der Waals surface area (Å²) in [7, 11) is 0. The molecule has 0 heterocycles. The van der Waals surface area contributed by atoms with Gasteiger partial charge in [0, 0.05) is 0 Å². The van der Waals surface area contributed by atoms with Crippen LogP contribution in [-0.4, -0.2) is 11.0 Å². The van der Waals surface area contributed by atoms with E-state index in [1.807, 2.05) is 0 Å². The van der Waals surface area contributed by atoms with E-state index >= 15 is 0 Å². The van der Waals surface area contributed by atoms with Crippen LogP contribution in [0.5, 0.6) is 0 Å². The molecule has 0 amide bonds. The predicted octanol–water partition coefficient (Wildman–Crippen LogP) is -0.194. The maximum atomic E-state index is 0. The standard InChI is InChI=1S/H3N.2H2O.Pd/h1H3;2*1H2;/q;;;+2/p-2. The Morgan fingerprint density at radius 3 is 0.750 bits per heavy atom. The molecule has 0 aromatic carbocycles. The average Bonchev–Trinajstić information content (AvgIpc) is 0.